The summed E-state index contributed by atoms with van der Waals surface area (Å²) in [6, 6.07) is 3.24. The Hall–Kier alpha value is -1.95. The highest BCUT2D eigenvalue weighted by molar-refractivity contribution is 5.93. The first kappa shape index (κ1) is 11.5. The molecule has 1 unspecified atom stereocenters. The number of pyridine rings is 1. The van der Waals surface area contributed by atoms with Crippen LogP contribution in [0.2, 0.25) is 0 Å². The Morgan fingerprint density at radius 1 is 1.59 bits per heavy atom. The molecule has 2 heterocycles. The lowest BCUT2D eigenvalue weighted by molar-refractivity contribution is -0.119. The van der Waals surface area contributed by atoms with Crippen LogP contribution in [0.15, 0.2) is 18.3 Å². The number of hydrogen-bond acceptors (Lipinski definition) is 4. The van der Waals surface area contributed by atoms with Gasteiger partial charge in [-0.15, -0.1) is 0 Å². The van der Waals surface area contributed by atoms with Gasteiger partial charge in [0, 0.05) is 25.7 Å². The first-order valence-corrected chi connectivity index (χ1v) is 5.41. The van der Waals surface area contributed by atoms with Crippen LogP contribution in [0.4, 0.5) is 0 Å². The van der Waals surface area contributed by atoms with Gasteiger partial charge in [0.2, 0.25) is 5.91 Å². The highest BCUT2D eigenvalue weighted by Gasteiger charge is 2.23. The van der Waals surface area contributed by atoms with Crippen molar-refractivity contribution in [3.63, 3.8) is 0 Å². The molecule has 17 heavy (non-hydrogen) atoms. The molecule has 1 aromatic heterocycles. The summed E-state index contributed by atoms with van der Waals surface area (Å²) in [5, 5.41) is 5.40. The van der Waals surface area contributed by atoms with Gasteiger partial charge in [0.15, 0.2) is 0 Å². The Morgan fingerprint density at radius 3 is 2.94 bits per heavy atom. The fourth-order valence-electron chi connectivity index (χ4n) is 1.65. The topological polar surface area (TPSA) is 97.1 Å². The average Bonchev–Trinajstić information content (AvgIpc) is 2.75. The molecular weight excluding hydrogens is 220 g/mol. The molecule has 6 heteroatoms. The van der Waals surface area contributed by atoms with E-state index in [0.29, 0.717) is 25.2 Å². The minimum absolute atomic E-state index is 0.0401. The number of nitrogens with two attached hydrogens (primary N) is 1. The monoisotopic (exact) mass is 234 g/mol. The molecule has 0 aliphatic carbocycles. The van der Waals surface area contributed by atoms with Crippen molar-refractivity contribution in [3.8, 4) is 0 Å². The largest absolute Gasteiger partial charge is 0.354 e. The van der Waals surface area contributed by atoms with Crippen molar-refractivity contribution in [1.82, 2.24) is 15.6 Å². The van der Waals surface area contributed by atoms with Gasteiger partial charge in [-0.2, -0.15) is 0 Å². The fraction of sp³-hybridized carbons (Fsp3) is 0.364. The number of rotatable bonds is 3. The summed E-state index contributed by atoms with van der Waals surface area (Å²) >= 11 is 0. The van der Waals surface area contributed by atoms with Crippen LogP contribution in [0.25, 0.3) is 0 Å². The maximum absolute atomic E-state index is 11.8. The van der Waals surface area contributed by atoms with Crippen molar-refractivity contribution in [2.75, 3.05) is 6.54 Å². The van der Waals surface area contributed by atoms with E-state index >= 15 is 0 Å². The molecule has 0 aromatic carbocycles. The van der Waals surface area contributed by atoms with Gasteiger partial charge in [0.1, 0.15) is 5.69 Å². The summed E-state index contributed by atoms with van der Waals surface area (Å²) in [7, 11) is 0. The predicted octanol–water partition coefficient (Wildman–Crippen LogP) is -0.841. The van der Waals surface area contributed by atoms with Crippen molar-refractivity contribution >= 4 is 11.8 Å². The number of nitrogens with one attached hydrogen (secondary N) is 2. The van der Waals surface area contributed by atoms with Crippen LogP contribution in [0, 0.1) is 0 Å². The molecule has 90 valence electrons. The van der Waals surface area contributed by atoms with Gasteiger partial charge in [0.05, 0.1) is 6.04 Å². The van der Waals surface area contributed by atoms with Crippen molar-refractivity contribution in [2.24, 2.45) is 5.73 Å². The fourth-order valence-corrected chi connectivity index (χ4v) is 1.65. The SMILES string of the molecule is NCc1ccc(C(=O)NC2CNC(=O)C2)nc1. The molecule has 2 amide bonds. The summed E-state index contributed by atoms with van der Waals surface area (Å²) < 4.78 is 0. The second kappa shape index (κ2) is 4.92. The standard InChI is InChI=1S/C11H14N4O2/c12-4-7-1-2-9(13-5-7)11(17)15-8-3-10(16)14-6-8/h1-2,5,8H,3-4,6,12H2,(H,14,16)(H,15,17). The van der Waals surface area contributed by atoms with Gasteiger partial charge < -0.3 is 16.4 Å². The number of amides is 2. The normalized spacial score (nSPS) is 18.9. The van der Waals surface area contributed by atoms with Crippen LogP contribution in [0.5, 0.6) is 0 Å². The van der Waals surface area contributed by atoms with E-state index in [4.69, 9.17) is 5.73 Å². The Kier molecular flexibility index (Phi) is 3.34. The van der Waals surface area contributed by atoms with E-state index in [2.05, 4.69) is 15.6 Å². The van der Waals surface area contributed by atoms with E-state index in [0.717, 1.165) is 5.56 Å². The third-order valence-corrected chi connectivity index (χ3v) is 2.61. The zero-order valence-corrected chi connectivity index (χ0v) is 9.27. The molecule has 1 fully saturated rings. The lowest BCUT2D eigenvalue weighted by Gasteiger charge is -2.09. The molecule has 0 bridgehead atoms. The number of nitrogens with zero attached hydrogens (tertiary/aromatic N) is 1. The summed E-state index contributed by atoms with van der Waals surface area (Å²) in [6.45, 7) is 0.876. The van der Waals surface area contributed by atoms with Crippen molar-refractivity contribution in [1.29, 1.82) is 0 Å². The van der Waals surface area contributed by atoms with Crippen molar-refractivity contribution in [2.45, 2.75) is 19.0 Å². The summed E-state index contributed by atoms with van der Waals surface area (Å²) in [5.74, 6) is -0.309. The first-order chi connectivity index (χ1) is 8.19. The van der Waals surface area contributed by atoms with Crippen LogP contribution in [0.3, 0.4) is 0 Å². The highest BCUT2D eigenvalue weighted by Crippen LogP contribution is 2.03. The van der Waals surface area contributed by atoms with Gasteiger partial charge in [-0.05, 0) is 11.6 Å². The Morgan fingerprint density at radius 2 is 2.41 bits per heavy atom. The van der Waals surface area contributed by atoms with Gasteiger partial charge in [0.25, 0.3) is 5.91 Å². The number of aromatic nitrogens is 1. The quantitative estimate of drug-likeness (QED) is 0.635. The van der Waals surface area contributed by atoms with Gasteiger partial charge in [-0.3, -0.25) is 14.6 Å². The van der Waals surface area contributed by atoms with Crippen LogP contribution in [-0.2, 0) is 11.3 Å². The molecule has 0 radical (unpaired) electrons. The average molecular weight is 234 g/mol. The maximum atomic E-state index is 11.8. The third-order valence-electron chi connectivity index (χ3n) is 2.61. The number of hydrogen-bond donors (Lipinski definition) is 3. The van der Waals surface area contributed by atoms with Crippen LogP contribution in [0.1, 0.15) is 22.5 Å². The molecule has 4 N–H and O–H groups in total. The van der Waals surface area contributed by atoms with Crippen LogP contribution >= 0.6 is 0 Å². The van der Waals surface area contributed by atoms with Crippen molar-refractivity contribution < 1.29 is 9.59 Å². The Balaban J connectivity index is 1.97. The van der Waals surface area contributed by atoms with Crippen molar-refractivity contribution in [3.05, 3.63) is 29.6 Å². The maximum Gasteiger partial charge on any atom is 0.270 e. The zero-order valence-electron chi connectivity index (χ0n) is 9.27. The van der Waals surface area contributed by atoms with E-state index in [1.165, 1.54) is 0 Å². The van der Waals surface area contributed by atoms with E-state index in [1.54, 1.807) is 18.3 Å². The predicted molar refractivity (Wildman–Crippen MR) is 61.0 cm³/mol. The van der Waals surface area contributed by atoms with Crippen LogP contribution < -0.4 is 16.4 Å². The molecule has 1 aliphatic rings. The smallest absolute Gasteiger partial charge is 0.270 e. The molecular formula is C11H14N4O2. The number of carbonyl (C=O) groups excluding carboxylic acids is 2. The molecule has 1 aromatic rings. The summed E-state index contributed by atoms with van der Waals surface area (Å²) in [5.41, 5.74) is 6.65. The van der Waals surface area contributed by atoms with Gasteiger partial charge in [-0.25, -0.2) is 0 Å². The minimum Gasteiger partial charge on any atom is -0.354 e. The van der Waals surface area contributed by atoms with E-state index < -0.39 is 0 Å². The van der Waals surface area contributed by atoms with Gasteiger partial charge in [-0.1, -0.05) is 6.07 Å². The van der Waals surface area contributed by atoms with E-state index in [1.807, 2.05) is 0 Å². The van der Waals surface area contributed by atoms with E-state index in [9.17, 15) is 9.59 Å². The van der Waals surface area contributed by atoms with E-state index in [-0.39, 0.29) is 17.9 Å². The zero-order chi connectivity index (χ0) is 12.3. The lowest BCUT2D eigenvalue weighted by atomic mass is 10.2. The molecule has 0 spiro atoms. The first-order valence-electron chi connectivity index (χ1n) is 5.41. The molecule has 1 saturated heterocycles. The third kappa shape index (κ3) is 2.79. The second-order valence-electron chi connectivity index (χ2n) is 3.93. The molecule has 1 aliphatic heterocycles. The highest BCUT2D eigenvalue weighted by atomic mass is 16.2. The second-order valence-corrected chi connectivity index (χ2v) is 3.93. The van der Waals surface area contributed by atoms with Crippen LogP contribution in [-0.4, -0.2) is 29.4 Å². The molecule has 0 saturated carbocycles. The summed E-state index contributed by atoms with van der Waals surface area (Å²) in [6.07, 6.45) is 1.90. The molecule has 2 rings (SSSR count). The number of carbonyl (C=O) groups is 2. The Bertz CT molecular complexity index is 430. The Labute approximate surface area is 98.6 Å². The minimum atomic E-state index is -0.268. The summed E-state index contributed by atoms with van der Waals surface area (Å²) in [4.78, 5) is 26.7. The lowest BCUT2D eigenvalue weighted by Crippen LogP contribution is -2.36. The molecule has 6 nitrogen and oxygen atoms in total. The van der Waals surface area contributed by atoms with Gasteiger partial charge >= 0.3 is 0 Å². The molecule has 1 atom stereocenters.